The Morgan fingerprint density at radius 2 is 2.21 bits per heavy atom. The molecule has 1 aliphatic rings. The van der Waals surface area contributed by atoms with Gasteiger partial charge in [-0.05, 0) is 6.92 Å². The third kappa shape index (κ3) is 2.21. The van der Waals surface area contributed by atoms with Crippen molar-refractivity contribution in [3.05, 3.63) is 5.69 Å². The lowest BCUT2D eigenvalue weighted by Gasteiger charge is -2.13. The van der Waals surface area contributed by atoms with Crippen molar-refractivity contribution >= 4 is 36.7 Å². The molecule has 0 radical (unpaired) electrons. The number of nitrogens with zero attached hydrogens (tertiary/aromatic N) is 3. The molecule has 0 amide bonds. The second kappa shape index (κ2) is 4.15. The van der Waals surface area contributed by atoms with Crippen LogP contribution in [0.2, 0.25) is 0 Å². The summed E-state index contributed by atoms with van der Waals surface area (Å²) < 4.78 is 25.5. The molecule has 19 heavy (non-hydrogen) atoms. The van der Waals surface area contributed by atoms with E-state index in [0.29, 0.717) is 5.13 Å². The highest BCUT2D eigenvalue weighted by atomic mass is 32.2. The van der Waals surface area contributed by atoms with Crippen LogP contribution in [0.3, 0.4) is 0 Å². The number of hydrogen-bond acceptors (Lipinski definition) is 7. The molecule has 2 N–H and O–H groups in total. The molecule has 1 saturated heterocycles. The molecule has 7 nitrogen and oxygen atoms in total. The standard InChI is InChI=1S/C10H14N4O3S2/c1-5-8-9(14(2)13-5)12-10(18-8)11-6-3-19(16,17)4-7(6)15/h6-7,15H,3-4H2,1-2H3,(H,11,12)/t6-,7-/m1/s1. The van der Waals surface area contributed by atoms with E-state index < -0.39 is 22.0 Å². The minimum Gasteiger partial charge on any atom is -0.390 e. The fourth-order valence-electron chi connectivity index (χ4n) is 2.27. The van der Waals surface area contributed by atoms with Gasteiger partial charge in [0.2, 0.25) is 0 Å². The largest absolute Gasteiger partial charge is 0.390 e. The Balaban J connectivity index is 1.88. The molecule has 3 heterocycles. The summed E-state index contributed by atoms with van der Waals surface area (Å²) in [4.78, 5) is 4.38. The van der Waals surface area contributed by atoms with E-state index in [2.05, 4.69) is 15.4 Å². The molecular weight excluding hydrogens is 288 g/mol. The summed E-state index contributed by atoms with van der Waals surface area (Å²) in [6.07, 6.45) is -0.878. The summed E-state index contributed by atoms with van der Waals surface area (Å²) >= 11 is 1.42. The van der Waals surface area contributed by atoms with Gasteiger partial charge < -0.3 is 10.4 Å². The van der Waals surface area contributed by atoms with E-state index in [4.69, 9.17) is 0 Å². The normalized spacial score (nSPS) is 26.1. The summed E-state index contributed by atoms with van der Waals surface area (Å²) in [5.74, 6) is -0.239. The van der Waals surface area contributed by atoms with Crippen LogP contribution in [0.4, 0.5) is 5.13 Å². The van der Waals surface area contributed by atoms with E-state index in [1.165, 1.54) is 11.3 Å². The van der Waals surface area contributed by atoms with Crippen LogP contribution in [0.25, 0.3) is 10.3 Å². The van der Waals surface area contributed by atoms with Crippen LogP contribution in [-0.2, 0) is 16.9 Å². The highest BCUT2D eigenvalue weighted by Crippen LogP contribution is 2.29. The number of fused-ring (bicyclic) bond motifs is 1. The Morgan fingerprint density at radius 1 is 1.47 bits per heavy atom. The molecule has 0 unspecified atom stereocenters. The van der Waals surface area contributed by atoms with Crippen molar-refractivity contribution in [1.29, 1.82) is 0 Å². The lowest BCUT2D eigenvalue weighted by atomic mass is 10.2. The Morgan fingerprint density at radius 3 is 2.79 bits per heavy atom. The molecule has 0 aromatic carbocycles. The van der Waals surface area contributed by atoms with E-state index in [1.54, 1.807) is 4.68 Å². The minimum atomic E-state index is -3.15. The molecule has 104 valence electrons. The molecule has 1 fully saturated rings. The van der Waals surface area contributed by atoms with Crippen molar-refractivity contribution in [2.24, 2.45) is 7.05 Å². The van der Waals surface area contributed by atoms with Gasteiger partial charge in [-0.2, -0.15) is 5.10 Å². The maximum absolute atomic E-state index is 11.4. The number of aromatic nitrogens is 3. The first kappa shape index (κ1) is 12.8. The molecular formula is C10H14N4O3S2. The van der Waals surface area contributed by atoms with E-state index in [1.807, 2.05) is 14.0 Å². The smallest absolute Gasteiger partial charge is 0.185 e. The number of hydrogen-bond donors (Lipinski definition) is 2. The second-order valence-corrected chi connectivity index (χ2v) is 7.93. The van der Waals surface area contributed by atoms with Crippen molar-refractivity contribution in [3.8, 4) is 0 Å². The molecule has 1 aliphatic heterocycles. The molecule has 9 heteroatoms. The first-order valence-electron chi connectivity index (χ1n) is 5.81. The van der Waals surface area contributed by atoms with Crippen molar-refractivity contribution in [2.45, 2.75) is 19.1 Å². The monoisotopic (exact) mass is 302 g/mol. The van der Waals surface area contributed by atoms with Crippen LogP contribution >= 0.6 is 11.3 Å². The number of anilines is 1. The van der Waals surface area contributed by atoms with Gasteiger partial charge in [-0.15, -0.1) is 0 Å². The summed E-state index contributed by atoms with van der Waals surface area (Å²) in [6, 6.07) is -0.487. The average Bonchev–Trinajstić information content (AvgIpc) is 2.87. The maximum atomic E-state index is 11.4. The topological polar surface area (TPSA) is 97.1 Å². The Hall–Kier alpha value is -1.19. The van der Waals surface area contributed by atoms with Gasteiger partial charge in [0.05, 0.1) is 34.0 Å². The number of aryl methyl sites for hydroxylation is 2. The third-order valence-corrected chi connectivity index (χ3v) is 5.98. The van der Waals surface area contributed by atoms with E-state index in [9.17, 15) is 13.5 Å². The Labute approximate surface area is 114 Å². The van der Waals surface area contributed by atoms with Crippen molar-refractivity contribution in [1.82, 2.24) is 14.8 Å². The van der Waals surface area contributed by atoms with Crippen LogP contribution in [0.5, 0.6) is 0 Å². The number of thiazole rings is 1. The molecule has 0 saturated carbocycles. The predicted octanol–water partition coefficient (Wildman–Crippen LogP) is -0.0920. The van der Waals surface area contributed by atoms with Crippen LogP contribution in [0.1, 0.15) is 5.69 Å². The zero-order chi connectivity index (χ0) is 13.8. The highest BCUT2D eigenvalue weighted by molar-refractivity contribution is 7.91. The van der Waals surface area contributed by atoms with Gasteiger partial charge in [0.1, 0.15) is 0 Å². The Bertz CT molecular complexity index is 699. The zero-order valence-corrected chi connectivity index (χ0v) is 12.1. The van der Waals surface area contributed by atoms with Gasteiger partial charge in [-0.1, -0.05) is 11.3 Å². The van der Waals surface area contributed by atoms with Crippen LogP contribution < -0.4 is 5.32 Å². The Kier molecular flexibility index (Phi) is 2.80. The van der Waals surface area contributed by atoms with Gasteiger partial charge in [-0.25, -0.2) is 18.1 Å². The van der Waals surface area contributed by atoms with Crippen molar-refractivity contribution < 1.29 is 13.5 Å². The molecule has 0 spiro atoms. The number of aliphatic hydroxyl groups is 1. The van der Waals surface area contributed by atoms with Gasteiger partial charge >= 0.3 is 0 Å². The quantitative estimate of drug-likeness (QED) is 0.804. The predicted molar refractivity (Wildman–Crippen MR) is 73.2 cm³/mol. The highest BCUT2D eigenvalue weighted by Gasteiger charge is 2.36. The second-order valence-electron chi connectivity index (χ2n) is 4.78. The van der Waals surface area contributed by atoms with Crippen LogP contribution in [0, 0.1) is 6.92 Å². The molecule has 3 rings (SSSR count). The van der Waals surface area contributed by atoms with Gasteiger partial charge in [0.15, 0.2) is 20.6 Å². The number of aliphatic hydroxyl groups excluding tert-OH is 1. The van der Waals surface area contributed by atoms with E-state index >= 15 is 0 Å². The first-order valence-corrected chi connectivity index (χ1v) is 8.45. The third-order valence-electron chi connectivity index (χ3n) is 3.18. The maximum Gasteiger partial charge on any atom is 0.185 e. The average molecular weight is 302 g/mol. The van der Waals surface area contributed by atoms with Gasteiger partial charge in [0.25, 0.3) is 0 Å². The van der Waals surface area contributed by atoms with Crippen molar-refractivity contribution in [3.63, 3.8) is 0 Å². The molecule has 2 aromatic rings. The van der Waals surface area contributed by atoms with Crippen LogP contribution in [0.15, 0.2) is 0 Å². The van der Waals surface area contributed by atoms with E-state index in [-0.39, 0.29) is 11.5 Å². The fourth-order valence-corrected chi connectivity index (χ4v) is 5.01. The van der Waals surface area contributed by atoms with Gasteiger partial charge in [0, 0.05) is 7.05 Å². The summed E-state index contributed by atoms with van der Waals surface area (Å²) in [5, 5.41) is 17.6. The fraction of sp³-hybridized carbons (Fsp3) is 0.600. The van der Waals surface area contributed by atoms with E-state index in [0.717, 1.165) is 16.0 Å². The molecule has 0 aliphatic carbocycles. The summed E-state index contributed by atoms with van der Waals surface area (Å²) in [5.41, 5.74) is 1.66. The minimum absolute atomic E-state index is 0.0542. The van der Waals surface area contributed by atoms with Gasteiger partial charge in [-0.3, -0.25) is 0 Å². The SMILES string of the molecule is Cc1nn(C)c2nc(N[C@@H]3CS(=O)(=O)C[C@H]3O)sc12. The lowest BCUT2D eigenvalue weighted by Crippen LogP contribution is -2.31. The summed E-state index contributed by atoms with van der Waals surface area (Å²) in [7, 11) is -1.34. The number of nitrogens with one attached hydrogen (secondary N) is 1. The first-order chi connectivity index (χ1) is 8.85. The molecule has 2 aromatic heterocycles. The van der Waals surface area contributed by atoms with Crippen LogP contribution in [-0.4, -0.2) is 51.9 Å². The lowest BCUT2D eigenvalue weighted by molar-refractivity contribution is 0.190. The zero-order valence-electron chi connectivity index (χ0n) is 10.5. The summed E-state index contributed by atoms with van der Waals surface area (Å²) in [6.45, 7) is 1.90. The number of rotatable bonds is 2. The molecule has 0 bridgehead atoms. The molecule has 2 atom stereocenters. The number of sulfone groups is 1. The van der Waals surface area contributed by atoms with Crippen molar-refractivity contribution in [2.75, 3.05) is 16.8 Å².